The molecule has 1 atom stereocenters. The van der Waals surface area contributed by atoms with Crippen molar-refractivity contribution in [2.75, 3.05) is 7.11 Å². The minimum Gasteiger partial charge on any atom is -0.496 e. The summed E-state index contributed by atoms with van der Waals surface area (Å²) in [4.78, 5) is 39.0. The fourth-order valence-corrected chi connectivity index (χ4v) is 5.34. The maximum Gasteiger partial charge on any atom is 0.332 e. The molecule has 1 heterocycles. The summed E-state index contributed by atoms with van der Waals surface area (Å²) in [5, 5.41) is 9.83. The number of ether oxygens (including phenoxy) is 2. The first-order valence-electron chi connectivity index (χ1n) is 14.4. The van der Waals surface area contributed by atoms with Crippen molar-refractivity contribution in [2.24, 2.45) is 0 Å². The van der Waals surface area contributed by atoms with Crippen LogP contribution in [0.3, 0.4) is 0 Å². The number of carbonyl (C=O) groups excluding carboxylic acids is 2. The Morgan fingerprint density at radius 1 is 0.795 bits per heavy atom. The van der Waals surface area contributed by atoms with E-state index in [1.807, 2.05) is 87.5 Å². The highest BCUT2D eigenvalue weighted by molar-refractivity contribution is 6.20. The van der Waals surface area contributed by atoms with Gasteiger partial charge in [0.1, 0.15) is 5.75 Å². The maximum absolute atomic E-state index is 14.1. The van der Waals surface area contributed by atoms with Crippen molar-refractivity contribution in [1.82, 2.24) is 4.57 Å². The number of aromatic nitrogens is 1. The normalized spacial score (nSPS) is 11.8. The quantitative estimate of drug-likeness (QED) is 0.166. The van der Waals surface area contributed by atoms with E-state index in [2.05, 4.69) is 4.57 Å². The van der Waals surface area contributed by atoms with Gasteiger partial charge in [0.25, 0.3) is 0 Å². The molecule has 0 bridgehead atoms. The van der Waals surface area contributed by atoms with Gasteiger partial charge in [-0.15, -0.1) is 0 Å². The Hall–Kier alpha value is -5.01. The largest absolute Gasteiger partial charge is 0.496 e. The monoisotopic (exact) mass is 589 g/mol. The summed E-state index contributed by atoms with van der Waals surface area (Å²) >= 11 is 0. The lowest BCUT2D eigenvalue weighted by Crippen LogP contribution is -2.19. The molecule has 0 amide bonds. The highest BCUT2D eigenvalue weighted by Gasteiger charge is 2.25. The molecular weight excluding hydrogens is 554 g/mol. The lowest BCUT2D eigenvalue weighted by Gasteiger charge is -2.13. The van der Waals surface area contributed by atoms with Crippen LogP contribution in [0.4, 0.5) is 0 Å². The van der Waals surface area contributed by atoms with Crippen LogP contribution in [0.15, 0.2) is 84.9 Å². The number of benzene rings is 4. The van der Waals surface area contributed by atoms with Crippen LogP contribution >= 0.6 is 0 Å². The highest BCUT2D eigenvalue weighted by Crippen LogP contribution is 2.35. The SMILES string of the molecule is COc1cc2c(cc1C(=O)c1ccc(C)cc1)c(C(=O)c1ccc(C)cc1)c(C)n2Cc1cccc(CO[C@H](C)C(=O)O)c1. The lowest BCUT2D eigenvalue weighted by atomic mass is 9.96. The van der Waals surface area contributed by atoms with Gasteiger partial charge in [-0.2, -0.15) is 0 Å². The molecule has 0 aliphatic heterocycles. The van der Waals surface area contributed by atoms with Crippen molar-refractivity contribution in [3.8, 4) is 5.75 Å². The number of hydrogen-bond donors (Lipinski definition) is 1. The van der Waals surface area contributed by atoms with Crippen LogP contribution in [-0.2, 0) is 22.7 Å². The number of aryl methyl sites for hydroxylation is 2. The molecule has 1 aromatic heterocycles. The molecule has 0 aliphatic rings. The highest BCUT2D eigenvalue weighted by atomic mass is 16.5. The molecule has 5 rings (SSSR count). The number of hydrogen-bond acceptors (Lipinski definition) is 5. The van der Waals surface area contributed by atoms with E-state index in [-0.39, 0.29) is 18.2 Å². The van der Waals surface area contributed by atoms with E-state index in [1.54, 1.807) is 18.2 Å². The molecule has 0 fully saturated rings. The molecule has 7 nitrogen and oxygen atoms in total. The minimum absolute atomic E-state index is 0.130. The van der Waals surface area contributed by atoms with E-state index < -0.39 is 12.1 Å². The smallest absolute Gasteiger partial charge is 0.332 e. The van der Waals surface area contributed by atoms with Crippen LogP contribution in [0.25, 0.3) is 10.9 Å². The van der Waals surface area contributed by atoms with Crippen LogP contribution in [-0.4, -0.2) is 40.4 Å². The Kier molecular flexibility index (Phi) is 8.78. The first-order chi connectivity index (χ1) is 21.1. The number of aliphatic carboxylic acids is 1. The fourth-order valence-electron chi connectivity index (χ4n) is 5.34. The van der Waals surface area contributed by atoms with Crippen molar-refractivity contribution >= 4 is 28.4 Å². The second-order valence-corrected chi connectivity index (χ2v) is 11.1. The summed E-state index contributed by atoms with van der Waals surface area (Å²) in [6, 6.07) is 26.2. The molecule has 1 N–H and O–H groups in total. The van der Waals surface area contributed by atoms with Crippen LogP contribution in [0.2, 0.25) is 0 Å². The molecule has 0 radical (unpaired) electrons. The molecule has 0 saturated heterocycles. The van der Waals surface area contributed by atoms with Crippen molar-refractivity contribution in [3.05, 3.63) is 135 Å². The topological polar surface area (TPSA) is 94.8 Å². The van der Waals surface area contributed by atoms with Gasteiger partial charge in [0.15, 0.2) is 17.7 Å². The molecule has 0 spiro atoms. The van der Waals surface area contributed by atoms with E-state index >= 15 is 0 Å². The Balaban J connectivity index is 1.64. The number of rotatable bonds is 11. The standard InChI is InChI=1S/C37H35NO6/c1-22-9-13-28(14-10-22)35(39)31-18-30-32(19-33(31)43-5)38(24(3)34(30)36(40)29-15-11-23(2)12-16-29)20-26-7-6-8-27(17-26)21-44-25(4)37(41)42/h6-19,25H,20-21H2,1-5H3,(H,41,42)/t25-/m1/s1. The number of methoxy groups -OCH3 is 1. The first-order valence-corrected chi connectivity index (χ1v) is 14.4. The number of carbonyl (C=O) groups is 3. The Morgan fingerprint density at radius 3 is 1.98 bits per heavy atom. The lowest BCUT2D eigenvalue weighted by molar-refractivity contribution is -0.149. The summed E-state index contributed by atoms with van der Waals surface area (Å²) < 4.78 is 13.3. The predicted molar refractivity (Wildman–Crippen MR) is 170 cm³/mol. The maximum atomic E-state index is 14.1. The van der Waals surface area contributed by atoms with Gasteiger partial charge in [-0.25, -0.2) is 4.79 Å². The summed E-state index contributed by atoms with van der Waals surface area (Å²) in [7, 11) is 1.53. The van der Waals surface area contributed by atoms with E-state index in [9.17, 15) is 14.4 Å². The van der Waals surface area contributed by atoms with Gasteiger partial charge < -0.3 is 19.1 Å². The zero-order valence-electron chi connectivity index (χ0n) is 25.5. The zero-order valence-corrected chi connectivity index (χ0v) is 25.5. The third-order valence-electron chi connectivity index (χ3n) is 7.92. The van der Waals surface area contributed by atoms with Crippen molar-refractivity contribution < 1.29 is 29.0 Å². The number of carboxylic acids is 1. The minimum atomic E-state index is -1.02. The first kappa shape index (κ1) is 30.4. The summed E-state index contributed by atoms with van der Waals surface area (Å²) in [5.74, 6) is -0.919. The second-order valence-electron chi connectivity index (χ2n) is 11.1. The van der Waals surface area contributed by atoms with Crippen molar-refractivity contribution in [2.45, 2.75) is 47.0 Å². The van der Waals surface area contributed by atoms with Crippen LogP contribution in [0.1, 0.15) is 66.7 Å². The third-order valence-corrected chi connectivity index (χ3v) is 7.92. The fraction of sp³-hybridized carbons (Fsp3) is 0.216. The Labute approximate surface area is 256 Å². The molecule has 224 valence electrons. The van der Waals surface area contributed by atoms with E-state index in [4.69, 9.17) is 14.6 Å². The summed E-state index contributed by atoms with van der Waals surface area (Å²) in [6.45, 7) is 7.94. The average molecular weight is 590 g/mol. The molecule has 44 heavy (non-hydrogen) atoms. The van der Waals surface area contributed by atoms with Gasteiger partial charge >= 0.3 is 5.97 Å². The van der Waals surface area contributed by atoms with Gasteiger partial charge in [-0.05, 0) is 44.9 Å². The third kappa shape index (κ3) is 6.19. The number of nitrogens with zero attached hydrogens (tertiary/aromatic N) is 1. The molecule has 0 unspecified atom stereocenters. The van der Waals surface area contributed by atoms with Crippen LogP contribution in [0.5, 0.6) is 5.75 Å². The van der Waals surface area contributed by atoms with Crippen molar-refractivity contribution in [1.29, 1.82) is 0 Å². The van der Waals surface area contributed by atoms with Gasteiger partial charge in [0, 0.05) is 34.8 Å². The number of ketones is 2. The molecular formula is C37H35NO6. The summed E-state index contributed by atoms with van der Waals surface area (Å²) in [6.07, 6.45) is -0.922. The molecule has 4 aromatic carbocycles. The van der Waals surface area contributed by atoms with Crippen LogP contribution in [0, 0.1) is 20.8 Å². The molecule has 5 aromatic rings. The number of carboxylic acid groups (broad SMARTS) is 1. The second kappa shape index (κ2) is 12.7. The van der Waals surface area contributed by atoms with Gasteiger partial charge in [0.2, 0.25) is 0 Å². The van der Waals surface area contributed by atoms with E-state index in [0.717, 1.165) is 33.5 Å². The Morgan fingerprint density at radius 2 is 1.39 bits per heavy atom. The van der Waals surface area contributed by atoms with Gasteiger partial charge in [0.05, 0.1) is 30.4 Å². The van der Waals surface area contributed by atoms with E-state index in [0.29, 0.717) is 39.9 Å². The van der Waals surface area contributed by atoms with Crippen molar-refractivity contribution in [3.63, 3.8) is 0 Å². The summed E-state index contributed by atoms with van der Waals surface area (Å²) in [5.41, 5.74) is 7.41. The number of fused-ring (bicyclic) bond motifs is 1. The molecule has 0 saturated carbocycles. The predicted octanol–water partition coefficient (Wildman–Crippen LogP) is 7.08. The van der Waals surface area contributed by atoms with Gasteiger partial charge in [-0.3, -0.25) is 9.59 Å². The molecule has 0 aliphatic carbocycles. The molecule has 7 heteroatoms. The van der Waals surface area contributed by atoms with E-state index in [1.165, 1.54) is 14.0 Å². The van der Waals surface area contributed by atoms with Gasteiger partial charge in [-0.1, -0.05) is 83.9 Å². The Bertz CT molecular complexity index is 1870. The van der Waals surface area contributed by atoms with Crippen LogP contribution < -0.4 is 4.74 Å². The zero-order chi connectivity index (χ0) is 31.5. The average Bonchev–Trinajstić information content (AvgIpc) is 3.28.